The zero-order valence-electron chi connectivity index (χ0n) is 16.4. The zero-order valence-corrected chi connectivity index (χ0v) is 18.0. The molecule has 31 heavy (non-hydrogen) atoms. The van der Waals surface area contributed by atoms with Gasteiger partial charge in [0, 0.05) is 11.8 Å². The molecular weight excluding hydrogens is 436 g/mol. The second-order valence-electron chi connectivity index (χ2n) is 6.65. The highest BCUT2D eigenvalue weighted by Gasteiger charge is 2.33. The van der Waals surface area contributed by atoms with Gasteiger partial charge in [0.1, 0.15) is 22.2 Å². The van der Waals surface area contributed by atoms with Crippen LogP contribution in [0.15, 0.2) is 65.1 Å². The molecule has 0 bridgehead atoms. The number of amides is 2. The average molecular weight is 455 g/mol. The minimum atomic E-state index is -1.28. The van der Waals surface area contributed by atoms with Crippen LogP contribution in [-0.2, 0) is 9.59 Å². The third-order valence-corrected chi connectivity index (χ3v) is 5.62. The summed E-state index contributed by atoms with van der Waals surface area (Å²) >= 11 is 6.37. The molecule has 1 heterocycles. The molecule has 0 radical (unpaired) electrons. The van der Waals surface area contributed by atoms with Gasteiger partial charge in [-0.05, 0) is 36.3 Å². The number of thioether (sulfide) groups is 1. The van der Waals surface area contributed by atoms with Crippen LogP contribution in [0.4, 0.5) is 5.69 Å². The van der Waals surface area contributed by atoms with Crippen LogP contribution >= 0.6 is 24.0 Å². The fraction of sp³-hybridized carbons (Fsp3) is 0.0909. The van der Waals surface area contributed by atoms with Crippen molar-refractivity contribution in [1.82, 2.24) is 4.90 Å². The maximum Gasteiger partial charge on any atom is 0.339 e. The number of carboxylic acid groups (broad SMARTS) is 1. The number of nitrogens with zero attached hydrogens (tertiary/aromatic N) is 1. The second kappa shape index (κ2) is 9.59. The number of aromatic carboxylic acids is 1. The summed E-state index contributed by atoms with van der Waals surface area (Å²) in [5, 5.41) is 21.2. The Morgan fingerprint density at radius 3 is 2.55 bits per heavy atom. The van der Waals surface area contributed by atoms with Gasteiger partial charge in [0.05, 0.1) is 4.91 Å². The number of phenols is 1. The third-order valence-electron chi connectivity index (χ3n) is 4.24. The van der Waals surface area contributed by atoms with Crippen LogP contribution in [0.2, 0.25) is 0 Å². The molecule has 2 amide bonds. The number of carboxylic acids is 1. The van der Waals surface area contributed by atoms with Crippen LogP contribution in [0.3, 0.4) is 0 Å². The minimum absolute atomic E-state index is 0.204. The Balaban J connectivity index is 1.67. The van der Waals surface area contributed by atoms with Gasteiger partial charge in [0.15, 0.2) is 0 Å². The van der Waals surface area contributed by atoms with Gasteiger partial charge >= 0.3 is 5.97 Å². The van der Waals surface area contributed by atoms with Crippen LogP contribution in [0.1, 0.15) is 22.8 Å². The molecule has 0 atom stereocenters. The summed E-state index contributed by atoms with van der Waals surface area (Å²) in [4.78, 5) is 37.6. The number of nitrogens with one attached hydrogen (secondary N) is 1. The molecule has 3 rings (SSSR count). The van der Waals surface area contributed by atoms with E-state index in [9.17, 15) is 19.5 Å². The van der Waals surface area contributed by atoms with Crippen LogP contribution < -0.4 is 5.32 Å². The first-order valence-corrected chi connectivity index (χ1v) is 10.3. The Bertz CT molecular complexity index is 1130. The molecule has 0 aromatic heterocycles. The Morgan fingerprint density at radius 2 is 1.90 bits per heavy atom. The molecule has 1 saturated heterocycles. The molecule has 1 aliphatic rings. The van der Waals surface area contributed by atoms with E-state index in [2.05, 4.69) is 5.32 Å². The predicted octanol–water partition coefficient (Wildman–Crippen LogP) is 3.88. The third kappa shape index (κ3) is 5.59. The second-order valence-corrected chi connectivity index (χ2v) is 8.33. The van der Waals surface area contributed by atoms with Crippen molar-refractivity contribution in [3.8, 4) is 5.75 Å². The number of thiocarbonyl (C=S) groups is 1. The van der Waals surface area contributed by atoms with E-state index in [0.717, 1.165) is 29.0 Å². The normalized spacial score (nSPS) is 15.5. The number of aromatic hydroxyl groups is 1. The molecule has 1 aliphatic heterocycles. The van der Waals surface area contributed by atoms with Gasteiger partial charge in [0.2, 0.25) is 5.91 Å². The van der Waals surface area contributed by atoms with Gasteiger partial charge in [-0.25, -0.2) is 4.79 Å². The lowest BCUT2D eigenvalue weighted by atomic mass is 10.1. The SMILES string of the molecule is CC(=C\c1ccccc1)/C=C1/SC(=S)N(CC(=O)Nc2ccc(C(=O)O)c(O)c2)C1=O. The van der Waals surface area contributed by atoms with E-state index >= 15 is 0 Å². The highest BCUT2D eigenvalue weighted by Crippen LogP contribution is 2.32. The lowest BCUT2D eigenvalue weighted by Crippen LogP contribution is -2.36. The summed E-state index contributed by atoms with van der Waals surface area (Å²) in [6, 6.07) is 13.3. The van der Waals surface area contributed by atoms with Crippen molar-refractivity contribution in [2.75, 3.05) is 11.9 Å². The van der Waals surface area contributed by atoms with Gasteiger partial charge in [-0.3, -0.25) is 14.5 Å². The summed E-state index contributed by atoms with van der Waals surface area (Å²) in [6.07, 6.45) is 3.67. The Labute approximate surface area is 188 Å². The molecule has 0 aliphatic carbocycles. The van der Waals surface area contributed by atoms with Gasteiger partial charge in [-0.1, -0.05) is 60.4 Å². The summed E-state index contributed by atoms with van der Waals surface area (Å²) in [6.45, 7) is 1.57. The molecule has 2 aromatic carbocycles. The quantitative estimate of drug-likeness (QED) is 0.449. The zero-order chi connectivity index (χ0) is 22.5. The molecule has 3 N–H and O–H groups in total. The molecule has 9 heteroatoms. The van der Waals surface area contributed by atoms with E-state index in [4.69, 9.17) is 17.3 Å². The first kappa shape index (κ1) is 22.3. The fourth-order valence-electron chi connectivity index (χ4n) is 2.83. The molecule has 1 fully saturated rings. The first-order chi connectivity index (χ1) is 14.7. The van der Waals surface area contributed by atoms with Crippen LogP contribution in [0.5, 0.6) is 5.75 Å². The van der Waals surface area contributed by atoms with Crippen LogP contribution in [0, 0.1) is 0 Å². The summed E-state index contributed by atoms with van der Waals surface area (Å²) in [5.41, 5.74) is 1.79. The molecule has 0 saturated carbocycles. The smallest absolute Gasteiger partial charge is 0.339 e. The number of carbonyl (C=O) groups is 3. The maximum atomic E-state index is 12.7. The van der Waals surface area contributed by atoms with Crippen molar-refractivity contribution in [2.24, 2.45) is 0 Å². The largest absolute Gasteiger partial charge is 0.507 e. The molecule has 0 spiro atoms. The van der Waals surface area contributed by atoms with Crippen molar-refractivity contribution in [1.29, 1.82) is 0 Å². The van der Waals surface area contributed by atoms with Gasteiger partial charge in [-0.15, -0.1) is 0 Å². The fourth-order valence-corrected chi connectivity index (χ4v) is 4.14. The molecule has 7 nitrogen and oxygen atoms in total. The summed E-state index contributed by atoms with van der Waals surface area (Å²) in [7, 11) is 0. The van der Waals surface area contributed by atoms with E-state index < -0.39 is 17.6 Å². The first-order valence-electron chi connectivity index (χ1n) is 9.09. The van der Waals surface area contributed by atoms with Gasteiger partial charge < -0.3 is 15.5 Å². The van der Waals surface area contributed by atoms with Crippen LogP contribution in [0.25, 0.3) is 6.08 Å². The monoisotopic (exact) mass is 454 g/mol. The number of hydrogen-bond donors (Lipinski definition) is 3. The summed E-state index contributed by atoms with van der Waals surface area (Å²) in [5.74, 6) is -2.65. The average Bonchev–Trinajstić information content (AvgIpc) is 2.95. The van der Waals surface area contributed by atoms with E-state index in [-0.39, 0.29) is 28.0 Å². The lowest BCUT2D eigenvalue weighted by Gasteiger charge is -2.14. The number of rotatable bonds is 6. The Kier molecular flexibility index (Phi) is 6.88. The number of anilines is 1. The topological polar surface area (TPSA) is 107 Å². The van der Waals surface area contributed by atoms with Crippen molar-refractivity contribution in [3.63, 3.8) is 0 Å². The number of carbonyl (C=O) groups excluding carboxylic acids is 2. The number of benzene rings is 2. The predicted molar refractivity (Wildman–Crippen MR) is 124 cm³/mol. The van der Waals surface area contributed by atoms with E-state index in [0.29, 0.717) is 4.91 Å². The van der Waals surface area contributed by atoms with Crippen molar-refractivity contribution >= 4 is 57.8 Å². The van der Waals surface area contributed by atoms with Gasteiger partial charge in [-0.2, -0.15) is 0 Å². The standard InChI is InChI=1S/C22H18N2O5S2/c1-13(9-14-5-3-2-4-6-14)10-18-20(27)24(22(30)31-18)12-19(26)23-15-7-8-16(21(28)29)17(25)11-15/h2-11,25H,12H2,1H3,(H,23,26)(H,28,29)/b13-9+,18-10+. The van der Waals surface area contributed by atoms with E-state index in [1.807, 2.05) is 43.3 Å². The molecule has 0 unspecified atom stereocenters. The van der Waals surface area contributed by atoms with Crippen LogP contribution in [-0.4, -0.2) is 43.8 Å². The summed E-state index contributed by atoms with van der Waals surface area (Å²) < 4.78 is 0.267. The number of allylic oxidation sites excluding steroid dienone is 2. The lowest BCUT2D eigenvalue weighted by molar-refractivity contribution is -0.126. The highest BCUT2D eigenvalue weighted by atomic mass is 32.2. The van der Waals surface area contributed by atoms with Crippen molar-refractivity contribution < 1.29 is 24.6 Å². The van der Waals surface area contributed by atoms with E-state index in [1.54, 1.807) is 6.08 Å². The molecule has 158 valence electrons. The Hall–Kier alpha value is -3.43. The highest BCUT2D eigenvalue weighted by molar-refractivity contribution is 8.26. The van der Waals surface area contributed by atoms with Gasteiger partial charge in [0.25, 0.3) is 5.91 Å². The molecular formula is C22H18N2O5S2. The Morgan fingerprint density at radius 1 is 1.19 bits per heavy atom. The number of hydrogen-bond acceptors (Lipinski definition) is 6. The van der Waals surface area contributed by atoms with E-state index in [1.165, 1.54) is 17.0 Å². The minimum Gasteiger partial charge on any atom is -0.507 e. The molecule has 2 aromatic rings. The maximum absolute atomic E-state index is 12.7. The van der Waals surface area contributed by atoms with Crippen molar-refractivity contribution in [2.45, 2.75) is 6.92 Å². The van der Waals surface area contributed by atoms with Crippen molar-refractivity contribution in [3.05, 3.63) is 76.2 Å².